The number of nitrogens with two attached hydrogens (primary N) is 1. The van der Waals surface area contributed by atoms with E-state index < -0.39 is 5.66 Å². The summed E-state index contributed by atoms with van der Waals surface area (Å²) >= 11 is 0. The van der Waals surface area contributed by atoms with E-state index in [9.17, 15) is 4.79 Å². The number of para-hydroxylation sites is 1. The number of nitrogens with one attached hydrogen (secondary N) is 3. The van der Waals surface area contributed by atoms with Gasteiger partial charge in [0.25, 0.3) is 11.6 Å². The van der Waals surface area contributed by atoms with Gasteiger partial charge >= 0.3 is 0 Å². The summed E-state index contributed by atoms with van der Waals surface area (Å²) in [7, 11) is 3.13. The van der Waals surface area contributed by atoms with E-state index in [1.165, 1.54) is 0 Å². The number of guanidine groups is 2. The van der Waals surface area contributed by atoms with Crippen molar-refractivity contribution in [2.24, 2.45) is 15.7 Å². The van der Waals surface area contributed by atoms with Gasteiger partial charge in [-0.3, -0.25) is 10.1 Å². The molecule has 2 aromatic rings. The lowest BCUT2D eigenvalue weighted by Gasteiger charge is -2.26. The van der Waals surface area contributed by atoms with E-state index >= 15 is 0 Å². The molecule has 2 aliphatic rings. The Morgan fingerprint density at radius 2 is 1.89 bits per heavy atom. The van der Waals surface area contributed by atoms with Crippen molar-refractivity contribution < 1.29 is 14.3 Å². The van der Waals surface area contributed by atoms with Crippen molar-refractivity contribution in [1.29, 1.82) is 0 Å². The number of fused-ring (bicyclic) bond motifs is 2. The maximum Gasteiger partial charge on any atom is 0.280 e. The smallest absolute Gasteiger partial charge is 0.280 e. The van der Waals surface area contributed by atoms with Crippen molar-refractivity contribution in [2.45, 2.75) is 5.66 Å². The minimum atomic E-state index is -1.47. The highest BCUT2D eigenvalue weighted by Gasteiger charge is 2.49. The predicted octanol–water partition coefficient (Wildman–Crippen LogP) is 1.19. The van der Waals surface area contributed by atoms with Crippen LogP contribution in [0.5, 0.6) is 11.5 Å². The van der Waals surface area contributed by atoms with Gasteiger partial charge in [-0.1, -0.05) is 18.2 Å². The Labute approximate surface area is 155 Å². The summed E-state index contributed by atoms with van der Waals surface area (Å²) in [5, 5.41) is 8.74. The zero-order chi connectivity index (χ0) is 19.0. The molecule has 9 nitrogen and oxygen atoms in total. The Balaban J connectivity index is 1.77. The number of carbonyl (C=O) groups is 1. The summed E-state index contributed by atoms with van der Waals surface area (Å²) in [5.41, 5.74) is 6.38. The molecule has 2 aromatic carbocycles. The third kappa shape index (κ3) is 2.69. The third-order valence-corrected chi connectivity index (χ3v) is 4.33. The summed E-state index contributed by atoms with van der Waals surface area (Å²) < 4.78 is 10.6. The maximum atomic E-state index is 12.7. The molecule has 2 heterocycles. The van der Waals surface area contributed by atoms with Crippen molar-refractivity contribution in [2.75, 3.05) is 24.9 Å². The van der Waals surface area contributed by atoms with Gasteiger partial charge in [0, 0.05) is 17.3 Å². The number of methoxy groups -OCH3 is 2. The molecule has 0 fully saturated rings. The van der Waals surface area contributed by atoms with E-state index in [0.29, 0.717) is 28.4 Å². The van der Waals surface area contributed by atoms with Crippen molar-refractivity contribution in [1.82, 2.24) is 5.32 Å². The first-order chi connectivity index (χ1) is 13.1. The average Bonchev–Trinajstić information content (AvgIpc) is 2.92. The van der Waals surface area contributed by atoms with Gasteiger partial charge in [0.05, 0.1) is 19.9 Å². The maximum absolute atomic E-state index is 12.7. The Bertz CT molecular complexity index is 987. The molecule has 0 saturated carbocycles. The highest BCUT2D eigenvalue weighted by molar-refractivity contribution is 6.13. The van der Waals surface area contributed by atoms with E-state index in [0.717, 1.165) is 0 Å². The fraction of sp³-hybridized carbons (Fsp3) is 0.167. The van der Waals surface area contributed by atoms with E-state index in [2.05, 4.69) is 25.9 Å². The Hall–Kier alpha value is -3.75. The molecule has 27 heavy (non-hydrogen) atoms. The summed E-state index contributed by atoms with van der Waals surface area (Å²) in [5.74, 6) is 1.17. The van der Waals surface area contributed by atoms with Gasteiger partial charge in [-0.25, -0.2) is 9.98 Å². The van der Waals surface area contributed by atoms with E-state index in [1.54, 1.807) is 44.6 Å². The molecule has 9 heteroatoms. The first-order valence-corrected chi connectivity index (χ1v) is 8.18. The van der Waals surface area contributed by atoms with Crippen LogP contribution in [0.15, 0.2) is 52.4 Å². The van der Waals surface area contributed by atoms with Gasteiger partial charge in [-0.2, -0.15) is 0 Å². The highest BCUT2D eigenvalue weighted by Crippen LogP contribution is 2.41. The Morgan fingerprint density at radius 1 is 1.07 bits per heavy atom. The van der Waals surface area contributed by atoms with Crippen LogP contribution in [0.25, 0.3) is 0 Å². The van der Waals surface area contributed by atoms with E-state index in [-0.39, 0.29) is 17.8 Å². The van der Waals surface area contributed by atoms with E-state index in [4.69, 9.17) is 15.2 Å². The number of nitrogens with zero attached hydrogens (tertiary/aromatic N) is 2. The van der Waals surface area contributed by atoms with Gasteiger partial charge in [0.1, 0.15) is 11.5 Å². The predicted molar refractivity (Wildman–Crippen MR) is 102 cm³/mol. The largest absolute Gasteiger partial charge is 0.497 e. The number of benzene rings is 2. The molecule has 0 radical (unpaired) electrons. The number of hydrogen-bond donors (Lipinski definition) is 4. The third-order valence-electron chi connectivity index (χ3n) is 4.33. The second-order valence-electron chi connectivity index (χ2n) is 5.95. The van der Waals surface area contributed by atoms with Crippen molar-refractivity contribution in [3.8, 4) is 11.5 Å². The van der Waals surface area contributed by atoms with Crippen molar-refractivity contribution in [3.63, 3.8) is 0 Å². The van der Waals surface area contributed by atoms with Gasteiger partial charge in [-0.15, -0.1) is 0 Å². The molecule has 1 atom stereocenters. The summed E-state index contributed by atoms with van der Waals surface area (Å²) in [6.45, 7) is 0. The summed E-state index contributed by atoms with van der Waals surface area (Å²) in [4.78, 5) is 21.5. The van der Waals surface area contributed by atoms with Crippen LogP contribution in [0.4, 0.5) is 11.4 Å². The molecule has 138 valence electrons. The molecular weight excluding hydrogens is 348 g/mol. The van der Waals surface area contributed by atoms with Crippen LogP contribution < -0.4 is 31.2 Å². The Morgan fingerprint density at radius 3 is 2.67 bits per heavy atom. The number of anilines is 2. The molecule has 0 aromatic heterocycles. The molecule has 0 bridgehead atoms. The minimum Gasteiger partial charge on any atom is -0.497 e. The first-order valence-electron chi connectivity index (χ1n) is 8.18. The number of carbonyl (C=O) groups excluding carboxylic acids is 1. The number of rotatable bonds is 3. The van der Waals surface area contributed by atoms with Gasteiger partial charge in [-0.05, 0) is 18.2 Å². The van der Waals surface area contributed by atoms with Crippen molar-refractivity contribution in [3.05, 3.63) is 48.0 Å². The molecule has 5 N–H and O–H groups in total. The molecule has 2 aliphatic heterocycles. The Kier molecular flexibility index (Phi) is 3.84. The quantitative estimate of drug-likeness (QED) is 0.647. The molecular formula is C18H18N6O3. The molecule has 1 spiro atoms. The zero-order valence-electron chi connectivity index (χ0n) is 14.7. The lowest BCUT2D eigenvalue weighted by molar-refractivity contribution is -0.120. The van der Waals surface area contributed by atoms with Crippen LogP contribution in [0.1, 0.15) is 5.56 Å². The first kappa shape index (κ1) is 16.7. The minimum absolute atomic E-state index is 0.0706. The topological polar surface area (TPSA) is 122 Å². The monoisotopic (exact) mass is 366 g/mol. The molecule has 0 unspecified atom stereocenters. The zero-order valence-corrected chi connectivity index (χ0v) is 14.7. The summed E-state index contributed by atoms with van der Waals surface area (Å²) in [6.07, 6.45) is 0. The lowest BCUT2D eigenvalue weighted by atomic mass is 10.0. The number of amides is 1. The van der Waals surface area contributed by atoms with Crippen LogP contribution in [0.3, 0.4) is 0 Å². The standard InChI is InChI=1S/C18H18N6O3/c1-26-10-7-8-14(27-2)13(9-10)21-17-22-16(19)23-18(24-17)11-5-3-4-6-12(11)20-15(18)25/h3-9H,1-2H3,(H,20,25)(H4,19,21,22,23,24)/t18-/m1/s1. The van der Waals surface area contributed by atoms with Crippen LogP contribution >= 0.6 is 0 Å². The molecule has 0 aliphatic carbocycles. The van der Waals surface area contributed by atoms with Gasteiger partial charge in [0.2, 0.25) is 5.96 Å². The SMILES string of the molecule is COc1ccc(OC)c(NC2=N[C@@]3(N=C(N)N2)C(=O)Nc2ccccc23)c1. The number of hydrogen-bond acceptors (Lipinski definition) is 8. The van der Waals surface area contributed by atoms with Crippen LogP contribution in [-0.4, -0.2) is 32.0 Å². The van der Waals surface area contributed by atoms with Crippen LogP contribution in [0.2, 0.25) is 0 Å². The number of ether oxygens (including phenoxy) is 2. The second-order valence-corrected chi connectivity index (χ2v) is 5.95. The highest BCUT2D eigenvalue weighted by atomic mass is 16.5. The van der Waals surface area contributed by atoms with Gasteiger partial charge < -0.3 is 25.8 Å². The summed E-state index contributed by atoms with van der Waals surface area (Å²) in [6, 6.07) is 12.5. The fourth-order valence-corrected chi connectivity index (χ4v) is 3.09. The van der Waals surface area contributed by atoms with Gasteiger partial charge in [0.15, 0.2) is 5.96 Å². The van der Waals surface area contributed by atoms with Crippen LogP contribution in [0, 0.1) is 0 Å². The number of aliphatic imine (C=N–C) groups is 2. The van der Waals surface area contributed by atoms with E-state index in [1.807, 2.05) is 12.1 Å². The molecule has 1 amide bonds. The average molecular weight is 366 g/mol. The normalized spacial score (nSPS) is 20.1. The molecule has 4 rings (SSSR count). The second kappa shape index (κ2) is 6.20. The molecule has 0 saturated heterocycles. The lowest BCUT2D eigenvalue weighted by Crippen LogP contribution is -2.49. The fourth-order valence-electron chi connectivity index (χ4n) is 3.09. The van der Waals surface area contributed by atoms with Crippen molar-refractivity contribution >= 4 is 29.2 Å². The van der Waals surface area contributed by atoms with Crippen LogP contribution in [-0.2, 0) is 10.5 Å².